The average Bonchev–Trinajstić information content (AvgIpc) is 2.56. The van der Waals surface area contributed by atoms with Gasteiger partial charge in [0.15, 0.2) is 0 Å². The molecule has 6 heteroatoms. The van der Waals surface area contributed by atoms with Crippen molar-refractivity contribution in [1.82, 2.24) is 0 Å². The van der Waals surface area contributed by atoms with Crippen LogP contribution in [0.3, 0.4) is 0 Å². The molecule has 0 saturated carbocycles. The Morgan fingerprint density at radius 1 is 0.875 bits per heavy atom. The van der Waals surface area contributed by atoms with Crippen LogP contribution in [0.5, 0.6) is 0 Å². The van der Waals surface area contributed by atoms with Crippen molar-refractivity contribution in [3.05, 3.63) is 35.4 Å². The second kappa shape index (κ2) is 9.39. The molecule has 1 aromatic rings. The van der Waals surface area contributed by atoms with Gasteiger partial charge in [-0.2, -0.15) is 0 Å². The molecule has 134 valence electrons. The zero-order chi connectivity index (χ0) is 18.3. The number of carbonyl (C=O) groups is 2. The molecule has 0 aliphatic carbocycles. The van der Waals surface area contributed by atoms with Gasteiger partial charge in [-0.05, 0) is 38.8 Å². The summed E-state index contributed by atoms with van der Waals surface area (Å²) in [5.74, 6) is -1.39. The van der Waals surface area contributed by atoms with E-state index in [0.717, 1.165) is 0 Å². The third-order valence-electron chi connectivity index (χ3n) is 3.76. The minimum Gasteiger partial charge on any atom is -0.456 e. The zero-order valence-electron chi connectivity index (χ0n) is 14.6. The minimum absolute atomic E-state index is 0.0713. The fraction of sp³-hybridized carbons (Fsp3) is 0.556. The third-order valence-corrected chi connectivity index (χ3v) is 3.76. The topological polar surface area (TPSA) is 93.1 Å². The van der Waals surface area contributed by atoms with Gasteiger partial charge in [-0.15, -0.1) is 0 Å². The Morgan fingerprint density at radius 3 is 1.46 bits per heavy atom. The van der Waals surface area contributed by atoms with Gasteiger partial charge in [-0.1, -0.05) is 26.0 Å². The van der Waals surface area contributed by atoms with Gasteiger partial charge in [0.2, 0.25) is 0 Å². The van der Waals surface area contributed by atoms with Crippen LogP contribution in [0.15, 0.2) is 24.3 Å². The first-order chi connectivity index (χ1) is 11.3. The minimum atomic E-state index is -0.808. The summed E-state index contributed by atoms with van der Waals surface area (Å²) in [5.41, 5.74) is 0.143. The number of rotatable bonds is 8. The summed E-state index contributed by atoms with van der Waals surface area (Å²) in [6.45, 7) is 6.66. The Labute approximate surface area is 142 Å². The average molecular weight is 338 g/mol. The van der Waals surface area contributed by atoms with E-state index in [1.54, 1.807) is 26.0 Å². The van der Waals surface area contributed by atoms with Crippen LogP contribution in [-0.4, -0.2) is 46.6 Å². The molecule has 2 N–H and O–H groups in total. The predicted molar refractivity (Wildman–Crippen MR) is 88.8 cm³/mol. The first kappa shape index (κ1) is 20.1. The molecule has 4 atom stereocenters. The quantitative estimate of drug-likeness (QED) is 0.707. The molecule has 1 aromatic carbocycles. The van der Waals surface area contributed by atoms with E-state index in [0.29, 0.717) is 12.8 Å². The highest BCUT2D eigenvalue weighted by Crippen LogP contribution is 2.17. The number of aliphatic hydroxyl groups is 2. The summed E-state index contributed by atoms with van der Waals surface area (Å²) < 4.78 is 10.5. The van der Waals surface area contributed by atoms with Crippen LogP contribution in [0.2, 0.25) is 0 Å². The fourth-order valence-corrected chi connectivity index (χ4v) is 2.29. The number of benzene rings is 1. The Bertz CT molecular complexity index is 503. The van der Waals surface area contributed by atoms with E-state index >= 15 is 0 Å². The molecule has 0 bridgehead atoms. The molecule has 0 radical (unpaired) electrons. The van der Waals surface area contributed by atoms with E-state index in [9.17, 15) is 19.8 Å². The first-order valence-corrected chi connectivity index (χ1v) is 8.18. The van der Waals surface area contributed by atoms with Crippen LogP contribution in [0, 0.1) is 0 Å². The molecule has 0 aliphatic heterocycles. The summed E-state index contributed by atoms with van der Waals surface area (Å²) in [7, 11) is 0. The molecule has 24 heavy (non-hydrogen) atoms. The molecule has 0 aliphatic rings. The summed E-state index contributed by atoms with van der Waals surface area (Å²) in [5, 5.41) is 19.2. The highest BCUT2D eigenvalue weighted by molar-refractivity contribution is 6.03. The van der Waals surface area contributed by atoms with Gasteiger partial charge in [0, 0.05) is 0 Å². The van der Waals surface area contributed by atoms with E-state index in [1.807, 2.05) is 0 Å². The van der Waals surface area contributed by atoms with Crippen LogP contribution in [-0.2, 0) is 9.47 Å². The maximum Gasteiger partial charge on any atom is 0.339 e. The van der Waals surface area contributed by atoms with Crippen molar-refractivity contribution < 1.29 is 29.3 Å². The Hall–Kier alpha value is -1.92. The molecular formula is C18H26O6. The fourth-order valence-electron chi connectivity index (χ4n) is 2.29. The maximum atomic E-state index is 12.3. The molecule has 6 nitrogen and oxygen atoms in total. The second-order valence-corrected chi connectivity index (χ2v) is 5.73. The maximum absolute atomic E-state index is 12.3. The van der Waals surface area contributed by atoms with Crippen LogP contribution in [0.1, 0.15) is 61.3 Å². The van der Waals surface area contributed by atoms with Gasteiger partial charge >= 0.3 is 11.9 Å². The van der Waals surface area contributed by atoms with Crippen LogP contribution in [0.4, 0.5) is 0 Å². The summed E-state index contributed by atoms with van der Waals surface area (Å²) >= 11 is 0. The van der Waals surface area contributed by atoms with E-state index in [-0.39, 0.29) is 11.1 Å². The van der Waals surface area contributed by atoms with E-state index in [1.165, 1.54) is 26.0 Å². The smallest absolute Gasteiger partial charge is 0.339 e. The van der Waals surface area contributed by atoms with Crippen molar-refractivity contribution in [2.75, 3.05) is 0 Å². The largest absolute Gasteiger partial charge is 0.456 e. The molecular weight excluding hydrogens is 312 g/mol. The lowest BCUT2D eigenvalue weighted by Gasteiger charge is -2.21. The molecule has 1 rings (SSSR count). The summed E-state index contributed by atoms with van der Waals surface area (Å²) in [6, 6.07) is 6.17. The molecule has 0 fully saturated rings. The number of carbonyl (C=O) groups excluding carboxylic acids is 2. The van der Waals surface area contributed by atoms with E-state index in [4.69, 9.17) is 9.47 Å². The normalized spacial score (nSPS) is 15.9. The summed E-state index contributed by atoms with van der Waals surface area (Å²) in [4.78, 5) is 24.7. The molecule has 0 spiro atoms. The van der Waals surface area contributed by atoms with Crippen molar-refractivity contribution in [3.63, 3.8) is 0 Å². The molecule has 0 aromatic heterocycles. The first-order valence-electron chi connectivity index (χ1n) is 8.18. The number of esters is 2. The zero-order valence-corrected chi connectivity index (χ0v) is 14.6. The number of ether oxygens (including phenoxy) is 2. The van der Waals surface area contributed by atoms with Crippen molar-refractivity contribution >= 4 is 11.9 Å². The second-order valence-electron chi connectivity index (χ2n) is 5.73. The van der Waals surface area contributed by atoms with Gasteiger partial charge in [0.05, 0.1) is 23.3 Å². The number of hydrogen-bond donors (Lipinski definition) is 2. The van der Waals surface area contributed by atoms with Gasteiger partial charge in [0.25, 0.3) is 0 Å². The van der Waals surface area contributed by atoms with Crippen molar-refractivity contribution in [1.29, 1.82) is 0 Å². The highest BCUT2D eigenvalue weighted by atomic mass is 16.6. The number of hydrogen-bond acceptors (Lipinski definition) is 6. The van der Waals surface area contributed by atoms with Gasteiger partial charge in [0.1, 0.15) is 12.2 Å². The van der Waals surface area contributed by atoms with E-state index < -0.39 is 36.4 Å². The monoisotopic (exact) mass is 338 g/mol. The molecule has 0 saturated heterocycles. The van der Waals surface area contributed by atoms with Crippen LogP contribution in [0.25, 0.3) is 0 Å². The molecule has 0 heterocycles. The Balaban J connectivity index is 2.99. The van der Waals surface area contributed by atoms with Crippen LogP contribution >= 0.6 is 0 Å². The number of aliphatic hydroxyl groups excluding tert-OH is 2. The molecule has 4 unspecified atom stereocenters. The highest BCUT2D eigenvalue weighted by Gasteiger charge is 2.25. The lowest BCUT2D eigenvalue weighted by molar-refractivity contribution is -0.0165. The van der Waals surface area contributed by atoms with Crippen molar-refractivity contribution in [2.45, 2.75) is 65.0 Å². The predicted octanol–water partition coefficient (Wildman–Crippen LogP) is 2.32. The third kappa shape index (κ3) is 5.32. The van der Waals surface area contributed by atoms with Crippen LogP contribution < -0.4 is 0 Å². The van der Waals surface area contributed by atoms with Gasteiger partial charge < -0.3 is 19.7 Å². The van der Waals surface area contributed by atoms with Gasteiger partial charge in [-0.3, -0.25) is 0 Å². The lowest BCUT2D eigenvalue weighted by Crippen LogP contribution is -2.30. The SMILES string of the molecule is CCC(OC(=O)c1ccccc1C(=O)OC(CC)C(C)O)C(C)O. The Kier molecular flexibility index (Phi) is 7.88. The lowest BCUT2D eigenvalue weighted by atomic mass is 10.1. The standard InChI is InChI=1S/C18H26O6/c1-5-15(11(3)19)23-17(21)13-9-7-8-10-14(13)18(22)24-16(6-2)12(4)20/h7-12,15-16,19-20H,5-6H2,1-4H3. The van der Waals surface area contributed by atoms with Crippen molar-refractivity contribution in [3.8, 4) is 0 Å². The summed E-state index contributed by atoms with van der Waals surface area (Å²) in [6.07, 6.45) is -2.01. The van der Waals surface area contributed by atoms with Gasteiger partial charge in [-0.25, -0.2) is 9.59 Å². The van der Waals surface area contributed by atoms with E-state index in [2.05, 4.69) is 0 Å². The Morgan fingerprint density at radius 2 is 1.21 bits per heavy atom. The molecule has 0 amide bonds. The van der Waals surface area contributed by atoms with Crippen molar-refractivity contribution in [2.24, 2.45) is 0 Å².